The fourth-order valence-corrected chi connectivity index (χ4v) is 8.37. The smallest absolute Gasteiger partial charge is 0.223 e. The Bertz CT molecular complexity index is 2050. The minimum absolute atomic E-state index is 0.0254. The van der Waals surface area contributed by atoms with E-state index in [0.29, 0.717) is 26.1 Å². The number of H-pyrrole nitrogens is 2. The number of hydrogen-bond donors (Lipinski definition) is 3. The van der Waals surface area contributed by atoms with Crippen LogP contribution in [-0.4, -0.2) is 72.3 Å². The molecule has 3 N–H and O–H groups in total. The molecular weight excluding hydrogens is 665 g/mol. The minimum atomic E-state index is -0.943. The van der Waals surface area contributed by atoms with Crippen molar-refractivity contribution in [2.45, 2.75) is 130 Å². The van der Waals surface area contributed by atoms with Gasteiger partial charge in [-0.1, -0.05) is 52.3 Å². The van der Waals surface area contributed by atoms with Crippen molar-refractivity contribution in [1.82, 2.24) is 29.7 Å². The van der Waals surface area contributed by atoms with Crippen LogP contribution in [-0.2, 0) is 16.1 Å². The second-order valence-corrected chi connectivity index (χ2v) is 15.0. The summed E-state index contributed by atoms with van der Waals surface area (Å²) in [7, 11) is 1.68. The Kier molecular flexibility index (Phi) is 11.6. The third-order valence-corrected chi connectivity index (χ3v) is 11.2. The number of amides is 1. The molecule has 0 saturated heterocycles. The molecule has 5 aromatic rings. The normalized spacial score (nSPS) is 16.1. The Labute approximate surface area is 314 Å². The van der Waals surface area contributed by atoms with Crippen LogP contribution in [0.3, 0.4) is 0 Å². The van der Waals surface area contributed by atoms with Crippen LogP contribution in [0.15, 0.2) is 48.7 Å². The second kappa shape index (κ2) is 16.0. The van der Waals surface area contributed by atoms with Crippen molar-refractivity contribution in [2.24, 2.45) is 0 Å². The molecule has 1 aliphatic rings. The highest BCUT2D eigenvalue weighted by Gasteiger charge is 2.37. The molecule has 2 aromatic heterocycles. The quantitative estimate of drug-likeness (QED) is 0.0869. The summed E-state index contributed by atoms with van der Waals surface area (Å²) in [4.78, 5) is 34.4. The molecule has 0 bridgehead atoms. The van der Waals surface area contributed by atoms with E-state index < -0.39 is 5.72 Å². The lowest BCUT2D eigenvalue weighted by atomic mass is 9.92. The third-order valence-electron chi connectivity index (χ3n) is 11.2. The first-order chi connectivity index (χ1) is 25.5. The summed E-state index contributed by atoms with van der Waals surface area (Å²) in [5.74, 6) is 2.56. The highest BCUT2D eigenvalue weighted by atomic mass is 16.5. The summed E-state index contributed by atoms with van der Waals surface area (Å²) in [6, 6.07) is 14.9. The zero-order valence-electron chi connectivity index (χ0n) is 33.0. The van der Waals surface area contributed by atoms with Crippen LogP contribution in [0, 0.1) is 0 Å². The molecule has 6 rings (SSSR count). The number of aromatic nitrogens is 4. The standard InChI is InChI=1S/C43H58N6O4/c1-10-14-39(50)48(32(13-4)25-52-9)27(6)41-44-23-37(46-41)30-15-17-33-31(20-30)24-53-38-22-34-29(21-35(33)38)16-18-36-40(34)47-42(45-36)28(7)49(26(5)12-3)43(8,51)19-11-2/h15-18,20-23,26-28,32,51H,10-14,19,24-25H2,1-9H3,(H,44,46)(H,45,47)/t26-,27-,28-,32+,43?/m0/s1. The van der Waals surface area contributed by atoms with E-state index in [9.17, 15) is 9.90 Å². The maximum Gasteiger partial charge on any atom is 0.223 e. The number of ether oxygens (including phenoxy) is 2. The maximum atomic E-state index is 13.3. The number of carbonyl (C=O) groups is 1. The van der Waals surface area contributed by atoms with Crippen molar-refractivity contribution in [3.8, 4) is 28.1 Å². The number of aromatic amines is 2. The molecule has 0 aliphatic carbocycles. The van der Waals surface area contributed by atoms with Crippen molar-refractivity contribution in [2.75, 3.05) is 13.7 Å². The highest BCUT2D eigenvalue weighted by Crippen LogP contribution is 2.43. The third kappa shape index (κ3) is 7.46. The van der Waals surface area contributed by atoms with Gasteiger partial charge in [0.25, 0.3) is 0 Å². The van der Waals surface area contributed by atoms with Gasteiger partial charge in [0, 0.05) is 30.5 Å². The first-order valence-electron chi connectivity index (χ1n) is 19.5. The molecule has 1 aliphatic heterocycles. The summed E-state index contributed by atoms with van der Waals surface area (Å²) in [5, 5.41) is 13.6. The van der Waals surface area contributed by atoms with Crippen LogP contribution in [0.2, 0.25) is 0 Å². The lowest BCUT2D eigenvalue weighted by Gasteiger charge is -2.44. The summed E-state index contributed by atoms with van der Waals surface area (Å²) >= 11 is 0. The van der Waals surface area contributed by atoms with Crippen molar-refractivity contribution < 1.29 is 19.4 Å². The Hall–Kier alpha value is -4.25. The molecule has 1 amide bonds. The molecule has 0 spiro atoms. The molecule has 10 nitrogen and oxygen atoms in total. The van der Waals surface area contributed by atoms with E-state index in [2.05, 4.69) is 92.0 Å². The second-order valence-electron chi connectivity index (χ2n) is 15.0. The minimum Gasteiger partial charge on any atom is -0.488 e. The summed E-state index contributed by atoms with van der Waals surface area (Å²) in [6.45, 7) is 17.6. The average Bonchev–Trinajstić information content (AvgIpc) is 3.82. The molecule has 0 radical (unpaired) electrons. The van der Waals surface area contributed by atoms with Gasteiger partial charge in [-0.25, -0.2) is 9.97 Å². The predicted octanol–water partition coefficient (Wildman–Crippen LogP) is 9.45. The molecule has 284 valence electrons. The van der Waals surface area contributed by atoms with Gasteiger partial charge in [0.2, 0.25) is 5.91 Å². The number of carbonyl (C=O) groups excluding carboxylic acids is 1. The van der Waals surface area contributed by atoms with Crippen LogP contribution in [0.25, 0.3) is 44.2 Å². The van der Waals surface area contributed by atoms with Crippen LogP contribution in [0.4, 0.5) is 0 Å². The van der Waals surface area contributed by atoms with Crippen LogP contribution in [0.1, 0.15) is 123 Å². The molecule has 1 unspecified atom stereocenters. The molecule has 5 atom stereocenters. The lowest BCUT2D eigenvalue weighted by molar-refractivity contribution is -0.140. The molecule has 0 saturated carbocycles. The number of fused-ring (bicyclic) bond motifs is 6. The fraction of sp³-hybridized carbons (Fsp3) is 0.512. The van der Waals surface area contributed by atoms with Gasteiger partial charge >= 0.3 is 0 Å². The van der Waals surface area contributed by atoms with E-state index >= 15 is 0 Å². The maximum absolute atomic E-state index is 13.3. The molecule has 3 heterocycles. The molecular formula is C43H58N6O4. The van der Waals surface area contributed by atoms with Crippen molar-refractivity contribution in [3.63, 3.8) is 0 Å². The number of benzene rings is 3. The van der Waals surface area contributed by atoms with E-state index in [1.165, 1.54) is 0 Å². The lowest BCUT2D eigenvalue weighted by Crippen LogP contribution is -2.52. The van der Waals surface area contributed by atoms with Crippen molar-refractivity contribution >= 4 is 27.7 Å². The highest BCUT2D eigenvalue weighted by molar-refractivity contribution is 6.07. The molecule has 53 heavy (non-hydrogen) atoms. The van der Waals surface area contributed by atoms with Gasteiger partial charge in [0.1, 0.15) is 29.7 Å². The first kappa shape index (κ1) is 38.5. The summed E-state index contributed by atoms with van der Waals surface area (Å²) in [6.07, 6.45) is 6.45. The van der Waals surface area contributed by atoms with E-state index in [0.717, 1.165) is 92.8 Å². The van der Waals surface area contributed by atoms with Crippen molar-refractivity contribution in [3.05, 3.63) is 65.9 Å². The molecule has 0 fully saturated rings. The largest absolute Gasteiger partial charge is 0.488 e. The van der Waals surface area contributed by atoms with Gasteiger partial charge in [0.15, 0.2) is 0 Å². The topological polar surface area (TPSA) is 120 Å². The number of aliphatic hydroxyl groups is 1. The number of imidazole rings is 2. The van der Waals surface area contributed by atoms with Gasteiger partial charge in [-0.3, -0.25) is 9.69 Å². The monoisotopic (exact) mass is 722 g/mol. The van der Waals surface area contributed by atoms with Gasteiger partial charge in [-0.2, -0.15) is 0 Å². The zero-order valence-corrected chi connectivity index (χ0v) is 33.0. The van der Waals surface area contributed by atoms with Crippen LogP contribution < -0.4 is 4.74 Å². The Morgan fingerprint density at radius 3 is 2.47 bits per heavy atom. The van der Waals surface area contributed by atoms with E-state index in [1.807, 2.05) is 31.9 Å². The first-order valence-corrected chi connectivity index (χ1v) is 19.5. The van der Waals surface area contributed by atoms with Crippen molar-refractivity contribution in [1.29, 1.82) is 0 Å². The van der Waals surface area contributed by atoms with Crippen LogP contribution in [0.5, 0.6) is 5.75 Å². The summed E-state index contributed by atoms with van der Waals surface area (Å²) in [5.41, 5.74) is 6.15. The Morgan fingerprint density at radius 2 is 1.77 bits per heavy atom. The summed E-state index contributed by atoms with van der Waals surface area (Å²) < 4.78 is 11.9. The number of rotatable bonds is 16. The number of hydrogen-bond acceptors (Lipinski definition) is 7. The zero-order chi connectivity index (χ0) is 38.0. The van der Waals surface area contributed by atoms with E-state index in [1.54, 1.807) is 7.11 Å². The van der Waals surface area contributed by atoms with Gasteiger partial charge in [0.05, 0.1) is 47.7 Å². The van der Waals surface area contributed by atoms with Gasteiger partial charge < -0.3 is 29.4 Å². The number of nitrogens with one attached hydrogen (secondary N) is 2. The predicted molar refractivity (Wildman–Crippen MR) is 213 cm³/mol. The average molecular weight is 723 g/mol. The molecule has 10 heteroatoms. The fourth-order valence-electron chi connectivity index (χ4n) is 8.37. The van der Waals surface area contributed by atoms with Gasteiger partial charge in [-0.15, -0.1) is 0 Å². The molecule has 3 aromatic carbocycles. The van der Waals surface area contributed by atoms with E-state index in [4.69, 9.17) is 19.4 Å². The number of nitrogens with zero attached hydrogens (tertiary/aromatic N) is 4. The SMILES string of the molecule is CCCC(=O)N([C@H](CC)COC)[C@@H](C)c1ncc(-c2ccc3c(c2)COc2cc4c(ccc5[nH]c([C@H](C)N([C@@H](C)CC)C(C)(O)CCC)nc54)cc2-3)[nH]1. The number of methoxy groups -OCH3 is 1. The van der Waals surface area contributed by atoms with E-state index in [-0.39, 0.29) is 30.1 Å². The Morgan fingerprint density at radius 1 is 0.981 bits per heavy atom. The Balaban J connectivity index is 1.29. The van der Waals surface area contributed by atoms with Crippen LogP contribution >= 0.6 is 0 Å². The van der Waals surface area contributed by atoms with Gasteiger partial charge in [-0.05, 0) is 99.7 Å².